The van der Waals surface area contributed by atoms with Gasteiger partial charge in [-0.3, -0.25) is 13.9 Å². The average molecular weight is 528 g/mol. The summed E-state index contributed by atoms with van der Waals surface area (Å²) in [5, 5.41) is 2.56. The van der Waals surface area contributed by atoms with Crippen molar-refractivity contribution in [2.45, 2.75) is 30.8 Å². The van der Waals surface area contributed by atoms with E-state index in [4.69, 9.17) is 4.74 Å². The largest absolute Gasteiger partial charge is 0.497 e. The summed E-state index contributed by atoms with van der Waals surface area (Å²) < 4.78 is 48.1. The molecule has 1 unspecified atom stereocenters. The molecule has 1 atom stereocenters. The lowest BCUT2D eigenvalue weighted by atomic mass is 10.1. The lowest BCUT2D eigenvalue weighted by molar-refractivity contribution is -0.140. The molecule has 37 heavy (non-hydrogen) atoms. The zero-order valence-electron chi connectivity index (χ0n) is 20.9. The molecular weight excluding hydrogens is 497 g/mol. The number of benzene rings is 3. The summed E-state index contributed by atoms with van der Waals surface area (Å²) in [6, 6.07) is 19.0. The summed E-state index contributed by atoms with van der Waals surface area (Å²) in [5.74, 6) is -1.30. The van der Waals surface area contributed by atoms with Crippen LogP contribution < -0.4 is 14.4 Å². The van der Waals surface area contributed by atoms with E-state index in [1.165, 1.54) is 49.4 Å². The van der Waals surface area contributed by atoms with Crippen molar-refractivity contribution in [3.05, 3.63) is 90.2 Å². The van der Waals surface area contributed by atoms with E-state index < -0.39 is 40.2 Å². The van der Waals surface area contributed by atoms with Gasteiger partial charge in [0.2, 0.25) is 11.8 Å². The van der Waals surface area contributed by atoms with Gasteiger partial charge < -0.3 is 15.0 Å². The molecule has 0 radical (unpaired) electrons. The second-order valence-electron chi connectivity index (χ2n) is 8.19. The number of hydrogen-bond acceptors (Lipinski definition) is 5. The first kappa shape index (κ1) is 27.7. The molecule has 10 heteroatoms. The lowest BCUT2D eigenvalue weighted by Crippen LogP contribution is -2.51. The van der Waals surface area contributed by atoms with Crippen molar-refractivity contribution in [3.8, 4) is 5.75 Å². The third-order valence-corrected chi connectivity index (χ3v) is 7.62. The number of nitrogens with one attached hydrogen (secondary N) is 1. The highest BCUT2D eigenvalue weighted by Crippen LogP contribution is 2.27. The number of amides is 2. The molecule has 0 bridgehead atoms. The number of para-hydroxylation sites is 1. The molecule has 0 aliphatic carbocycles. The number of sulfonamides is 1. The molecule has 2 amide bonds. The average Bonchev–Trinajstić information content (AvgIpc) is 2.92. The molecule has 0 saturated heterocycles. The van der Waals surface area contributed by atoms with Gasteiger partial charge in [0, 0.05) is 13.6 Å². The number of anilines is 1. The van der Waals surface area contributed by atoms with Crippen LogP contribution in [0.3, 0.4) is 0 Å². The Balaban J connectivity index is 2.06. The van der Waals surface area contributed by atoms with Gasteiger partial charge in [0.25, 0.3) is 10.0 Å². The highest BCUT2D eigenvalue weighted by Gasteiger charge is 2.34. The molecule has 0 saturated carbocycles. The van der Waals surface area contributed by atoms with Crippen molar-refractivity contribution in [1.82, 2.24) is 10.2 Å². The van der Waals surface area contributed by atoms with Crippen LogP contribution >= 0.6 is 0 Å². The maximum Gasteiger partial charge on any atom is 0.264 e. The Hall–Kier alpha value is -3.92. The fourth-order valence-corrected chi connectivity index (χ4v) is 5.38. The van der Waals surface area contributed by atoms with E-state index in [2.05, 4.69) is 5.32 Å². The van der Waals surface area contributed by atoms with Crippen molar-refractivity contribution in [1.29, 1.82) is 0 Å². The zero-order chi connectivity index (χ0) is 27.0. The number of rotatable bonds is 11. The van der Waals surface area contributed by atoms with E-state index >= 15 is 0 Å². The Kier molecular flexibility index (Phi) is 9.24. The topological polar surface area (TPSA) is 96.0 Å². The fourth-order valence-electron chi connectivity index (χ4n) is 3.94. The summed E-state index contributed by atoms with van der Waals surface area (Å²) in [6.45, 7) is 1.05. The van der Waals surface area contributed by atoms with Crippen LogP contribution in [0.5, 0.6) is 5.75 Å². The van der Waals surface area contributed by atoms with Gasteiger partial charge in [0.15, 0.2) is 0 Å². The van der Waals surface area contributed by atoms with Gasteiger partial charge in [0.1, 0.15) is 24.2 Å². The van der Waals surface area contributed by atoms with E-state index in [1.807, 2.05) is 0 Å². The molecule has 0 fully saturated rings. The van der Waals surface area contributed by atoms with Crippen molar-refractivity contribution in [3.63, 3.8) is 0 Å². The second-order valence-corrected chi connectivity index (χ2v) is 10.0. The molecule has 0 aliphatic heterocycles. The molecule has 196 valence electrons. The maximum absolute atomic E-state index is 14.9. The number of carbonyl (C=O) groups is 2. The molecule has 3 aromatic rings. The third-order valence-electron chi connectivity index (χ3n) is 5.85. The van der Waals surface area contributed by atoms with E-state index in [1.54, 1.807) is 49.4 Å². The van der Waals surface area contributed by atoms with Crippen LogP contribution in [0.25, 0.3) is 0 Å². The maximum atomic E-state index is 14.9. The molecule has 0 spiro atoms. The number of hydrogen-bond donors (Lipinski definition) is 1. The van der Waals surface area contributed by atoms with E-state index in [0.717, 1.165) is 10.4 Å². The number of likely N-dealkylation sites (N-methyl/N-ethyl adjacent to an activating group) is 1. The number of halogens is 1. The van der Waals surface area contributed by atoms with Crippen molar-refractivity contribution in [2.24, 2.45) is 0 Å². The van der Waals surface area contributed by atoms with E-state index in [-0.39, 0.29) is 23.5 Å². The Morgan fingerprint density at radius 1 is 1.00 bits per heavy atom. The smallest absolute Gasteiger partial charge is 0.264 e. The van der Waals surface area contributed by atoms with Crippen LogP contribution in [0.2, 0.25) is 0 Å². The van der Waals surface area contributed by atoms with Gasteiger partial charge in [-0.05, 0) is 48.4 Å². The summed E-state index contributed by atoms with van der Waals surface area (Å²) in [6.07, 6.45) is 0.278. The van der Waals surface area contributed by atoms with Gasteiger partial charge in [0.05, 0.1) is 17.7 Å². The molecule has 3 rings (SSSR count). The summed E-state index contributed by atoms with van der Waals surface area (Å²) in [4.78, 5) is 27.7. The zero-order valence-corrected chi connectivity index (χ0v) is 21.7. The number of ether oxygens (including phenoxy) is 1. The Morgan fingerprint density at radius 3 is 2.30 bits per heavy atom. The Morgan fingerprint density at radius 2 is 1.68 bits per heavy atom. The fraction of sp³-hybridized carbons (Fsp3) is 0.259. The SMILES string of the molecule is CCC(C(=O)NC)N(Cc1cccc(OC)c1)C(=O)CN(c1ccccc1F)S(=O)(=O)c1ccccc1. The molecule has 1 N–H and O–H groups in total. The van der Waals surface area contributed by atoms with Gasteiger partial charge in [-0.2, -0.15) is 0 Å². The third kappa shape index (κ3) is 6.45. The minimum atomic E-state index is -4.32. The van der Waals surface area contributed by atoms with Crippen LogP contribution in [-0.2, 0) is 26.2 Å². The predicted molar refractivity (Wildman–Crippen MR) is 139 cm³/mol. The van der Waals surface area contributed by atoms with Crippen molar-refractivity contribution in [2.75, 3.05) is 25.0 Å². The minimum Gasteiger partial charge on any atom is -0.497 e. The first-order chi connectivity index (χ1) is 17.7. The number of methoxy groups -OCH3 is 1. The quantitative estimate of drug-likeness (QED) is 0.411. The van der Waals surface area contributed by atoms with E-state index in [0.29, 0.717) is 11.3 Å². The monoisotopic (exact) mass is 527 g/mol. The molecule has 8 nitrogen and oxygen atoms in total. The summed E-state index contributed by atoms with van der Waals surface area (Å²) >= 11 is 0. The summed E-state index contributed by atoms with van der Waals surface area (Å²) in [7, 11) is -1.34. The predicted octanol–water partition coefficient (Wildman–Crippen LogP) is 3.58. The van der Waals surface area contributed by atoms with E-state index in [9.17, 15) is 22.4 Å². The molecule has 0 aliphatic rings. The van der Waals surface area contributed by atoms with Gasteiger partial charge in [-0.15, -0.1) is 0 Å². The Bertz CT molecular complexity index is 1330. The first-order valence-corrected chi connectivity index (χ1v) is 13.1. The first-order valence-electron chi connectivity index (χ1n) is 11.7. The van der Waals surface area contributed by atoms with Crippen LogP contribution in [0.4, 0.5) is 10.1 Å². The van der Waals surface area contributed by atoms with Crippen LogP contribution in [0.1, 0.15) is 18.9 Å². The number of carbonyl (C=O) groups excluding carboxylic acids is 2. The van der Waals surface area contributed by atoms with Gasteiger partial charge >= 0.3 is 0 Å². The standard InChI is InChI=1S/C27H30FN3O5S/c1-4-24(27(33)29-2)30(18-20-11-10-12-21(17-20)36-3)26(32)19-31(25-16-9-8-15-23(25)28)37(34,35)22-13-6-5-7-14-22/h5-17,24H,4,18-19H2,1-3H3,(H,29,33). The lowest BCUT2D eigenvalue weighted by Gasteiger charge is -2.33. The summed E-state index contributed by atoms with van der Waals surface area (Å²) in [5.41, 5.74) is 0.410. The molecule has 3 aromatic carbocycles. The van der Waals surface area contributed by atoms with Gasteiger partial charge in [-0.1, -0.05) is 49.4 Å². The molecule has 0 aromatic heterocycles. The van der Waals surface area contributed by atoms with Gasteiger partial charge in [-0.25, -0.2) is 12.8 Å². The molecular formula is C27H30FN3O5S. The van der Waals surface area contributed by atoms with Crippen LogP contribution in [0.15, 0.2) is 83.8 Å². The van der Waals surface area contributed by atoms with Crippen molar-refractivity contribution < 1.29 is 27.1 Å². The second kappa shape index (κ2) is 12.4. The van der Waals surface area contributed by atoms with Crippen LogP contribution in [0, 0.1) is 5.82 Å². The number of nitrogens with zero attached hydrogens (tertiary/aromatic N) is 2. The highest BCUT2D eigenvalue weighted by molar-refractivity contribution is 7.92. The Labute approximate surface area is 216 Å². The van der Waals surface area contributed by atoms with Crippen molar-refractivity contribution >= 4 is 27.5 Å². The minimum absolute atomic E-state index is 0.0124. The highest BCUT2D eigenvalue weighted by atomic mass is 32.2. The normalized spacial score (nSPS) is 11.9. The van der Waals surface area contributed by atoms with Crippen LogP contribution in [-0.4, -0.2) is 51.9 Å². The molecule has 0 heterocycles.